The van der Waals surface area contributed by atoms with Crippen LogP contribution in [0.5, 0.6) is 0 Å². The Hall–Kier alpha value is -0.300. The summed E-state index contributed by atoms with van der Waals surface area (Å²) in [7, 11) is 0. The van der Waals surface area contributed by atoms with E-state index in [1.165, 1.54) is 5.57 Å². The van der Waals surface area contributed by atoms with E-state index in [9.17, 15) is 0 Å². The van der Waals surface area contributed by atoms with Crippen molar-refractivity contribution in [3.05, 3.63) is 12.2 Å². The van der Waals surface area contributed by atoms with Crippen molar-refractivity contribution in [1.29, 1.82) is 0 Å². The molecule has 0 rings (SSSR count). The number of allylic oxidation sites excluding steroid dienone is 1. The van der Waals surface area contributed by atoms with E-state index in [0.717, 1.165) is 19.4 Å². The number of hydrogen-bond acceptors (Lipinski definition) is 1. The summed E-state index contributed by atoms with van der Waals surface area (Å²) in [6.07, 6.45) is 2.16. The quantitative estimate of drug-likeness (QED) is 0.530. The van der Waals surface area contributed by atoms with Gasteiger partial charge >= 0.3 is 0 Å². The average molecular weight is 99.2 g/mol. The van der Waals surface area contributed by atoms with Crippen LogP contribution in [0.3, 0.4) is 0 Å². The standard InChI is InChI=1S/C6H13N/c1-6(2)4-3-5-7/h1,3-5,7H2,2H3. The Labute approximate surface area is 45.2 Å². The SMILES string of the molecule is C=C(C)CCCN. The molecule has 0 saturated carbocycles. The Balaban J connectivity index is 2.82. The van der Waals surface area contributed by atoms with E-state index in [4.69, 9.17) is 5.73 Å². The van der Waals surface area contributed by atoms with Gasteiger partial charge in [-0.15, -0.1) is 6.58 Å². The average Bonchev–Trinajstić information content (AvgIpc) is 1.61. The van der Waals surface area contributed by atoms with Crippen LogP contribution in [-0.4, -0.2) is 6.54 Å². The highest BCUT2D eigenvalue weighted by molar-refractivity contribution is 4.87. The second kappa shape index (κ2) is 3.88. The summed E-state index contributed by atoms with van der Waals surface area (Å²) in [5.74, 6) is 0. The summed E-state index contributed by atoms with van der Waals surface area (Å²) in [5.41, 5.74) is 6.46. The van der Waals surface area contributed by atoms with Crippen molar-refractivity contribution in [3.8, 4) is 0 Å². The van der Waals surface area contributed by atoms with Gasteiger partial charge < -0.3 is 5.73 Å². The molecule has 42 valence electrons. The molecule has 2 N–H and O–H groups in total. The molecule has 0 atom stereocenters. The van der Waals surface area contributed by atoms with Crippen molar-refractivity contribution in [3.63, 3.8) is 0 Å². The van der Waals surface area contributed by atoms with E-state index in [-0.39, 0.29) is 0 Å². The molecule has 0 aliphatic rings. The van der Waals surface area contributed by atoms with Crippen molar-refractivity contribution >= 4 is 0 Å². The zero-order valence-corrected chi connectivity index (χ0v) is 4.91. The van der Waals surface area contributed by atoms with E-state index in [2.05, 4.69) is 6.58 Å². The largest absolute Gasteiger partial charge is 0.330 e. The summed E-state index contributed by atoms with van der Waals surface area (Å²) < 4.78 is 0. The normalized spacial score (nSPS) is 8.86. The lowest BCUT2D eigenvalue weighted by molar-refractivity contribution is 0.826. The second-order valence-corrected chi connectivity index (χ2v) is 1.85. The van der Waals surface area contributed by atoms with Crippen molar-refractivity contribution in [1.82, 2.24) is 0 Å². The van der Waals surface area contributed by atoms with Crippen LogP contribution in [0.1, 0.15) is 19.8 Å². The molecule has 0 aromatic heterocycles. The molecule has 0 saturated heterocycles. The van der Waals surface area contributed by atoms with Gasteiger partial charge in [0.2, 0.25) is 0 Å². The van der Waals surface area contributed by atoms with Gasteiger partial charge in [-0.1, -0.05) is 5.57 Å². The van der Waals surface area contributed by atoms with Crippen LogP contribution >= 0.6 is 0 Å². The molecule has 0 unspecified atom stereocenters. The molecule has 0 heterocycles. The lowest BCUT2D eigenvalue weighted by Gasteiger charge is -1.92. The molecule has 0 spiro atoms. The topological polar surface area (TPSA) is 26.0 Å². The Bertz CT molecular complexity index is 57.2. The van der Waals surface area contributed by atoms with Gasteiger partial charge in [-0.3, -0.25) is 0 Å². The molecule has 0 aromatic carbocycles. The lowest BCUT2D eigenvalue weighted by Crippen LogP contribution is -1.97. The first-order valence-corrected chi connectivity index (χ1v) is 2.62. The first-order chi connectivity index (χ1) is 3.27. The highest BCUT2D eigenvalue weighted by Gasteiger charge is 1.81. The third kappa shape index (κ3) is 5.70. The molecule has 0 radical (unpaired) electrons. The number of nitrogens with two attached hydrogens (primary N) is 1. The highest BCUT2D eigenvalue weighted by Crippen LogP contribution is 1.96. The minimum Gasteiger partial charge on any atom is -0.330 e. The van der Waals surface area contributed by atoms with Gasteiger partial charge in [0.1, 0.15) is 0 Å². The predicted molar refractivity (Wildman–Crippen MR) is 33.1 cm³/mol. The molecule has 0 aliphatic heterocycles. The van der Waals surface area contributed by atoms with Crippen LogP contribution < -0.4 is 5.73 Å². The summed E-state index contributed by atoms with van der Waals surface area (Å²) in [6, 6.07) is 0. The molecule has 0 aliphatic carbocycles. The molecule has 0 bridgehead atoms. The maximum Gasteiger partial charge on any atom is -0.00742 e. The minimum atomic E-state index is 0.785. The van der Waals surface area contributed by atoms with Crippen molar-refractivity contribution < 1.29 is 0 Å². The molecule has 1 nitrogen and oxygen atoms in total. The fourth-order valence-corrected chi connectivity index (χ4v) is 0.404. The first-order valence-electron chi connectivity index (χ1n) is 2.62. The molecule has 7 heavy (non-hydrogen) atoms. The van der Waals surface area contributed by atoms with Gasteiger partial charge in [0.25, 0.3) is 0 Å². The van der Waals surface area contributed by atoms with Crippen molar-refractivity contribution in [2.45, 2.75) is 19.8 Å². The molecular formula is C6H13N. The van der Waals surface area contributed by atoms with Crippen LogP contribution in [0, 0.1) is 0 Å². The summed E-state index contributed by atoms with van der Waals surface area (Å²) in [5, 5.41) is 0. The maximum atomic E-state index is 5.24. The van der Waals surface area contributed by atoms with Gasteiger partial charge in [0.05, 0.1) is 0 Å². The third-order valence-electron chi connectivity index (χ3n) is 0.808. The number of rotatable bonds is 3. The van der Waals surface area contributed by atoms with Gasteiger partial charge in [-0.2, -0.15) is 0 Å². The van der Waals surface area contributed by atoms with Gasteiger partial charge in [-0.25, -0.2) is 0 Å². The molecular weight excluding hydrogens is 86.1 g/mol. The van der Waals surface area contributed by atoms with E-state index in [0.29, 0.717) is 0 Å². The van der Waals surface area contributed by atoms with E-state index in [1.807, 2.05) is 6.92 Å². The van der Waals surface area contributed by atoms with Crippen LogP contribution in [0.2, 0.25) is 0 Å². The smallest absolute Gasteiger partial charge is 0.00742 e. The van der Waals surface area contributed by atoms with Crippen LogP contribution in [0.15, 0.2) is 12.2 Å². The van der Waals surface area contributed by atoms with E-state index >= 15 is 0 Å². The second-order valence-electron chi connectivity index (χ2n) is 1.85. The first kappa shape index (κ1) is 6.70. The molecule has 1 heteroatoms. The summed E-state index contributed by atoms with van der Waals surface area (Å²) in [4.78, 5) is 0. The summed E-state index contributed by atoms with van der Waals surface area (Å²) in [6.45, 7) is 6.55. The Morgan fingerprint density at radius 2 is 2.29 bits per heavy atom. The lowest BCUT2D eigenvalue weighted by atomic mass is 10.2. The van der Waals surface area contributed by atoms with E-state index in [1.54, 1.807) is 0 Å². The van der Waals surface area contributed by atoms with Crippen molar-refractivity contribution in [2.24, 2.45) is 5.73 Å². The fourth-order valence-electron chi connectivity index (χ4n) is 0.404. The maximum absolute atomic E-state index is 5.24. The Morgan fingerprint density at radius 3 is 2.43 bits per heavy atom. The molecule has 0 aromatic rings. The van der Waals surface area contributed by atoms with Gasteiger partial charge in [0, 0.05) is 0 Å². The van der Waals surface area contributed by atoms with Crippen LogP contribution in [0.4, 0.5) is 0 Å². The molecule has 0 fully saturated rings. The zero-order valence-electron chi connectivity index (χ0n) is 4.91. The zero-order chi connectivity index (χ0) is 5.70. The monoisotopic (exact) mass is 99.1 g/mol. The predicted octanol–water partition coefficient (Wildman–Crippen LogP) is 1.30. The van der Waals surface area contributed by atoms with Crippen molar-refractivity contribution in [2.75, 3.05) is 6.54 Å². The van der Waals surface area contributed by atoms with Crippen LogP contribution in [0.25, 0.3) is 0 Å². The minimum absolute atomic E-state index is 0.785. The Kier molecular flexibility index (Phi) is 3.71. The fraction of sp³-hybridized carbons (Fsp3) is 0.667. The molecule has 0 amide bonds. The van der Waals surface area contributed by atoms with Gasteiger partial charge in [0.15, 0.2) is 0 Å². The van der Waals surface area contributed by atoms with Gasteiger partial charge in [-0.05, 0) is 26.3 Å². The van der Waals surface area contributed by atoms with Crippen LogP contribution in [-0.2, 0) is 0 Å². The summed E-state index contributed by atoms with van der Waals surface area (Å²) >= 11 is 0. The number of hydrogen-bond donors (Lipinski definition) is 1. The van der Waals surface area contributed by atoms with E-state index < -0.39 is 0 Å². The third-order valence-corrected chi connectivity index (χ3v) is 0.808. The highest BCUT2D eigenvalue weighted by atomic mass is 14.5. The Morgan fingerprint density at radius 1 is 1.71 bits per heavy atom.